The van der Waals surface area contributed by atoms with Gasteiger partial charge >= 0.3 is 6.09 Å². The summed E-state index contributed by atoms with van der Waals surface area (Å²) in [5.74, 6) is 0.0638. The summed E-state index contributed by atoms with van der Waals surface area (Å²) in [5, 5.41) is 25.6. The maximum absolute atomic E-state index is 13.8. The number of nitrogens with zero attached hydrogens (tertiary/aromatic N) is 4. The molecule has 2 heterocycles. The molecule has 5 aromatic carbocycles. The molecule has 2 aliphatic rings. The summed E-state index contributed by atoms with van der Waals surface area (Å²) in [7, 11) is -7.96. The van der Waals surface area contributed by atoms with Crippen LogP contribution in [-0.2, 0) is 53.8 Å². The number of aliphatic hydroxyl groups excluding tert-OH is 1. The van der Waals surface area contributed by atoms with E-state index in [1.54, 1.807) is 12.1 Å². The number of carbonyl (C=O) groups is 1. The minimum absolute atomic E-state index is 0.0230. The number of nitrogens with one attached hydrogen (secondary N) is 1. The summed E-state index contributed by atoms with van der Waals surface area (Å²) in [6.45, 7) is 16.0. The number of fused-ring (bicyclic) bond motifs is 1. The second kappa shape index (κ2) is 28.6. The van der Waals surface area contributed by atoms with Crippen LogP contribution in [0.15, 0.2) is 149 Å². The van der Waals surface area contributed by atoms with E-state index in [1.165, 1.54) is 50.1 Å². The Kier molecular flexibility index (Phi) is 22.6. The summed E-state index contributed by atoms with van der Waals surface area (Å²) >= 11 is 0. The van der Waals surface area contributed by atoms with Crippen molar-refractivity contribution in [2.24, 2.45) is 28.4 Å². The Morgan fingerprint density at radius 2 is 1.29 bits per heavy atom. The van der Waals surface area contributed by atoms with Gasteiger partial charge in [0.2, 0.25) is 20.0 Å². The van der Waals surface area contributed by atoms with Gasteiger partial charge in [-0.2, -0.15) is 8.61 Å². The number of anilines is 1. The smallest absolute Gasteiger partial charge is 0.407 e. The number of amides is 1. The lowest BCUT2D eigenvalue weighted by atomic mass is 9.88. The molecule has 0 radical (unpaired) electrons. The van der Waals surface area contributed by atoms with Crippen molar-refractivity contribution < 1.29 is 45.9 Å². The van der Waals surface area contributed by atoms with Gasteiger partial charge in [0.05, 0.1) is 46.0 Å². The van der Waals surface area contributed by atoms with Crippen molar-refractivity contribution in [1.82, 2.24) is 18.8 Å². The Morgan fingerprint density at radius 3 is 1.84 bits per heavy atom. The number of aliphatic hydroxyl groups is 1. The van der Waals surface area contributed by atoms with Gasteiger partial charge in [0, 0.05) is 57.1 Å². The average Bonchev–Trinajstić information content (AvgIpc) is 4.05. The lowest BCUT2D eigenvalue weighted by molar-refractivity contribution is -0.385. The molecule has 0 spiro atoms. The molecule has 79 heavy (non-hydrogen) atoms. The highest BCUT2D eigenvalue weighted by atomic mass is 32.2. The van der Waals surface area contributed by atoms with E-state index in [-0.39, 0.29) is 65.1 Å². The number of nitro groups is 1. The van der Waals surface area contributed by atoms with E-state index in [4.69, 9.17) is 25.7 Å². The van der Waals surface area contributed by atoms with Crippen LogP contribution in [-0.4, -0.2) is 123 Å². The Labute approximate surface area is 467 Å². The van der Waals surface area contributed by atoms with Crippen molar-refractivity contribution in [3.05, 3.63) is 166 Å². The zero-order valence-corrected chi connectivity index (χ0v) is 48.1. The van der Waals surface area contributed by atoms with Crippen LogP contribution in [0.5, 0.6) is 0 Å². The van der Waals surface area contributed by atoms with Gasteiger partial charge in [0.1, 0.15) is 6.10 Å². The van der Waals surface area contributed by atoms with Crippen molar-refractivity contribution in [3.8, 4) is 0 Å². The van der Waals surface area contributed by atoms with Crippen LogP contribution in [0.1, 0.15) is 77.5 Å². The number of nitro benzene ring substituents is 1. The first-order chi connectivity index (χ1) is 37.4. The van der Waals surface area contributed by atoms with Crippen LogP contribution < -0.4 is 16.8 Å². The summed E-state index contributed by atoms with van der Waals surface area (Å²) in [6, 6.07) is 40.6. The van der Waals surface area contributed by atoms with Crippen molar-refractivity contribution in [2.45, 2.75) is 115 Å². The van der Waals surface area contributed by atoms with Crippen molar-refractivity contribution in [2.75, 3.05) is 58.2 Å². The molecule has 5 atom stereocenters. The fourth-order valence-corrected chi connectivity index (χ4v) is 13.4. The Bertz CT molecular complexity index is 2900. The third-order valence-corrected chi connectivity index (χ3v) is 17.7. The topological polar surface area (TPSA) is 250 Å². The van der Waals surface area contributed by atoms with Crippen LogP contribution in [0.2, 0.25) is 0 Å². The van der Waals surface area contributed by atoms with E-state index in [9.17, 15) is 36.9 Å². The second-order valence-corrected chi connectivity index (χ2v) is 26.5. The molecule has 2 saturated heterocycles. The van der Waals surface area contributed by atoms with Gasteiger partial charge in [-0.25, -0.2) is 21.6 Å². The van der Waals surface area contributed by atoms with Gasteiger partial charge in [-0.3, -0.25) is 15.0 Å². The Balaban J connectivity index is 0.000000256. The second-order valence-electron chi connectivity index (χ2n) is 22.6. The summed E-state index contributed by atoms with van der Waals surface area (Å²) < 4.78 is 74.4. The number of benzene rings is 5. The number of nitrogen functional groups attached to an aromatic ring is 1. The molecule has 4 unspecified atom stereocenters. The predicted molar refractivity (Wildman–Crippen MR) is 306 cm³/mol. The molecule has 2 aliphatic heterocycles. The first-order valence-electron chi connectivity index (χ1n) is 27.0. The van der Waals surface area contributed by atoms with Gasteiger partial charge in [-0.05, 0) is 96.5 Å². The Hall–Kier alpha value is -5.81. The maximum atomic E-state index is 13.8. The van der Waals surface area contributed by atoms with Crippen LogP contribution in [0.25, 0.3) is 0 Å². The normalized spacial score (nSPS) is 17.5. The predicted octanol–water partition coefficient (Wildman–Crippen LogP) is 8.45. The molecule has 6 N–H and O–H groups in total. The molecule has 1 amide bonds. The molecular formula is C59H81N7O11S2. The average molecular weight is 1130 g/mol. The zero-order chi connectivity index (χ0) is 57.4. The summed E-state index contributed by atoms with van der Waals surface area (Å²) in [6.07, 6.45) is -0.476. The molecule has 7 rings (SSSR count). The highest BCUT2D eigenvalue weighted by molar-refractivity contribution is 7.89. The van der Waals surface area contributed by atoms with E-state index in [2.05, 4.69) is 48.3 Å². The minimum Gasteiger partial charge on any atom is -0.443 e. The SMILES string of the molecule is CC(C)(CCN)CN(CC(O)[C@H](Cc1ccccc1)NC(=O)OC1COC2OCCC12)S(=O)(=O)c1cccc(N)c1.CC(C)CN(CC(C)(C)CCN(Cc1ccccc1)Cc1ccccc1)S(=O)(=O)c1cccc([N+](=O)[O-])c1. The van der Waals surface area contributed by atoms with Crippen molar-refractivity contribution in [3.63, 3.8) is 0 Å². The quantitative estimate of drug-likeness (QED) is 0.0219. The van der Waals surface area contributed by atoms with Crippen LogP contribution in [0.3, 0.4) is 0 Å². The van der Waals surface area contributed by atoms with Gasteiger partial charge in [-0.1, -0.05) is 145 Å². The molecule has 18 nitrogen and oxygen atoms in total. The lowest BCUT2D eigenvalue weighted by Gasteiger charge is -2.35. The molecule has 2 fully saturated rings. The third kappa shape index (κ3) is 18.9. The largest absolute Gasteiger partial charge is 0.443 e. The number of hydrogen-bond acceptors (Lipinski definition) is 14. The lowest BCUT2D eigenvalue weighted by Crippen LogP contribution is -2.52. The number of ether oxygens (including phenoxy) is 3. The maximum Gasteiger partial charge on any atom is 0.407 e. The number of carbonyl (C=O) groups excluding carboxylic acids is 1. The van der Waals surface area contributed by atoms with Crippen molar-refractivity contribution in [1.29, 1.82) is 0 Å². The zero-order valence-electron chi connectivity index (χ0n) is 46.4. The standard InChI is InChI=1S/C30H39N3O4S.C29H42N4O7S/c1-25(2)21-32(38(36,37)29-17-11-16-28(20-29)33(34)35)24-30(3,4)18-19-31(22-26-12-7-5-8-13-26)23-27-14-9-6-10-15-27;1-29(2,12-13-30)19-33(41(36,37)22-10-6-9-21(31)16-22)17-25(34)24(15-20-7-4-3-5-8-20)32-28(35)40-26-18-39-27-23(26)11-14-38-27/h5-17,20,25H,18-19,21-24H2,1-4H3;3-10,16,23-27,34H,11-15,17-19,30-31H2,1-2H3,(H,32,35)/t;23?,24-,25?,26?,27?/m.0/s1. The van der Waals surface area contributed by atoms with E-state index in [0.717, 1.165) is 44.1 Å². The Morgan fingerprint density at radius 1 is 0.759 bits per heavy atom. The van der Waals surface area contributed by atoms with Crippen molar-refractivity contribution >= 4 is 37.5 Å². The minimum atomic E-state index is -4.06. The number of non-ortho nitro benzene ring substituents is 1. The molecular weight excluding hydrogens is 1050 g/mol. The van der Waals surface area contributed by atoms with Gasteiger partial charge in [-0.15, -0.1) is 0 Å². The molecule has 0 saturated carbocycles. The monoisotopic (exact) mass is 1130 g/mol. The molecule has 5 aromatic rings. The van der Waals surface area contributed by atoms with E-state index in [1.807, 2.05) is 94.4 Å². The number of sulfonamides is 2. The first-order valence-corrected chi connectivity index (χ1v) is 29.9. The molecule has 0 aliphatic carbocycles. The van der Waals surface area contributed by atoms with Gasteiger partial charge < -0.3 is 36.1 Å². The van der Waals surface area contributed by atoms with Crippen LogP contribution >= 0.6 is 0 Å². The number of nitrogens with two attached hydrogens (primary N) is 2. The summed E-state index contributed by atoms with van der Waals surface area (Å²) in [4.78, 5) is 26.1. The highest BCUT2D eigenvalue weighted by Crippen LogP contribution is 2.34. The molecule has 0 aromatic heterocycles. The number of alkyl carbamates (subject to hydrolysis) is 1. The molecule has 0 bridgehead atoms. The van der Waals surface area contributed by atoms with E-state index >= 15 is 0 Å². The van der Waals surface area contributed by atoms with E-state index < -0.39 is 54.7 Å². The first kappa shape index (κ1) is 62.4. The molecule has 430 valence electrons. The van der Waals surface area contributed by atoms with Crippen LogP contribution in [0.4, 0.5) is 16.2 Å². The fourth-order valence-electron chi connectivity index (χ4n) is 9.85. The summed E-state index contributed by atoms with van der Waals surface area (Å²) in [5.41, 5.74) is 14.3. The van der Waals surface area contributed by atoms with Gasteiger partial charge in [0.15, 0.2) is 6.29 Å². The molecule has 20 heteroatoms. The third-order valence-electron chi connectivity index (χ3n) is 14.1. The fraction of sp³-hybridized carbons (Fsp3) is 0.475. The number of rotatable bonds is 27. The highest BCUT2D eigenvalue weighted by Gasteiger charge is 2.44. The number of hydrogen-bond donors (Lipinski definition) is 4. The van der Waals surface area contributed by atoms with E-state index in [0.29, 0.717) is 38.3 Å². The van der Waals surface area contributed by atoms with Gasteiger partial charge in [0.25, 0.3) is 5.69 Å². The van der Waals surface area contributed by atoms with Crippen LogP contribution in [0, 0.1) is 32.8 Å².